The Labute approximate surface area is 129 Å². The number of methoxy groups -OCH3 is 2. The van der Waals surface area contributed by atoms with Crippen LogP contribution in [-0.4, -0.2) is 37.7 Å². The molecule has 0 atom stereocenters. The van der Waals surface area contributed by atoms with Crippen LogP contribution < -0.4 is 15.2 Å². The van der Waals surface area contributed by atoms with E-state index in [2.05, 4.69) is 32.6 Å². The third kappa shape index (κ3) is 4.81. The van der Waals surface area contributed by atoms with E-state index >= 15 is 0 Å². The van der Waals surface area contributed by atoms with Gasteiger partial charge in [-0.2, -0.15) is 0 Å². The van der Waals surface area contributed by atoms with Crippen LogP contribution in [0.2, 0.25) is 0 Å². The fraction of sp³-hybridized carbons (Fsp3) is 0.647. The van der Waals surface area contributed by atoms with Crippen molar-refractivity contribution in [2.75, 3.05) is 33.0 Å². The monoisotopic (exact) mass is 294 g/mol. The van der Waals surface area contributed by atoms with Gasteiger partial charge in [0.1, 0.15) is 11.5 Å². The highest BCUT2D eigenvalue weighted by Crippen LogP contribution is 2.31. The maximum Gasteiger partial charge on any atom is 0.145 e. The molecule has 1 aromatic carbocycles. The predicted molar refractivity (Wildman–Crippen MR) is 89.3 cm³/mol. The first-order valence-corrected chi connectivity index (χ1v) is 7.58. The minimum Gasteiger partial charge on any atom is -0.496 e. The summed E-state index contributed by atoms with van der Waals surface area (Å²) in [7, 11) is 3.30. The number of hydrogen-bond donors (Lipinski definition) is 1. The van der Waals surface area contributed by atoms with Gasteiger partial charge in [-0.15, -0.1) is 0 Å². The van der Waals surface area contributed by atoms with Gasteiger partial charge in [0.15, 0.2) is 0 Å². The molecule has 0 saturated heterocycles. The standard InChI is InChI=1S/C17H30N2O2/c1-7-19(17(2,3)4)10-8-9-13-11-14(18)16(21-6)12-15(13)20-5/h11-12H,7-10,18H2,1-6H3. The minimum atomic E-state index is 0.206. The van der Waals surface area contributed by atoms with E-state index in [-0.39, 0.29) is 5.54 Å². The first-order valence-electron chi connectivity index (χ1n) is 7.58. The first-order chi connectivity index (χ1) is 9.83. The van der Waals surface area contributed by atoms with Gasteiger partial charge in [0.05, 0.1) is 19.9 Å². The van der Waals surface area contributed by atoms with Crippen molar-refractivity contribution in [3.8, 4) is 11.5 Å². The summed E-state index contributed by atoms with van der Waals surface area (Å²) in [6.45, 7) is 11.1. The van der Waals surface area contributed by atoms with Gasteiger partial charge in [0.25, 0.3) is 0 Å². The van der Waals surface area contributed by atoms with Crippen molar-refractivity contribution in [3.05, 3.63) is 17.7 Å². The number of nitrogen functional groups attached to an aromatic ring is 1. The molecular formula is C17H30N2O2. The van der Waals surface area contributed by atoms with Crippen LogP contribution in [0, 0.1) is 0 Å². The Morgan fingerprint density at radius 2 is 1.71 bits per heavy atom. The van der Waals surface area contributed by atoms with E-state index in [0.29, 0.717) is 11.4 Å². The third-order valence-electron chi connectivity index (χ3n) is 3.84. The maximum absolute atomic E-state index is 5.99. The average Bonchev–Trinajstić information content (AvgIpc) is 2.42. The second-order valence-corrected chi connectivity index (χ2v) is 6.26. The molecule has 0 spiro atoms. The SMILES string of the molecule is CCN(CCCc1cc(N)c(OC)cc1OC)C(C)(C)C. The second kappa shape index (κ2) is 7.55. The van der Waals surface area contributed by atoms with E-state index in [0.717, 1.165) is 37.2 Å². The lowest BCUT2D eigenvalue weighted by Gasteiger charge is -2.34. The molecule has 0 aliphatic heterocycles. The van der Waals surface area contributed by atoms with Crippen LogP contribution >= 0.6 is 0 Å². The molecule has 0 fully saturated rings. The largest absolute Gasteiger partial charge is 0.496 e. The first kappa shape index (κ1) is 17.6. The number of nitrogens with two attached hydrogens (primary N) is 1. The van der Waals surface area contributed by atoms with Crippen LogP contribution in [0.5, 0.6) is 11.5 Å². The number of nitrogens with zero attached hydrogens (tertiary/aromatic N) is 1. The molecule has 1 rings (SSSR count). The Morgan fingerprint density at radius 1 is 1.10 bits per heavy atom. The van der Waals surface area contributed by atoms with E-state index in [1.165, 1.54) is 0 Å². The van der Waals surface area contributed by atoms with Crippen LogP contribution in [0.4, 0.5) is 5.69 Å². The Bertz CT molecular complexity index is 453. The van der Waals surface area contributed by atoms with Gasteiger partial charge in [-0.3, -0.25) is 4.90 Å². The zero-order chi connectivity index (χ0) is 16.0. The quantitative estimate of drug-likeness (QED) is 0.784. The van der Waals surface area contributed by atoms with Crippen molar-refractivity contribution in [3.63, 3.8) is 0 Å². The molecule has 120 valence electrons. The summed E-state index contributed by atoms with van der Waals surface area (Å²) in [6.07, 6.45) is 2.02. The van der Waals surface area contributed by atoms with E-state index in [1.807, 2.05) is 12.1 Å². The normalized spacial score (nSPS) is 11.8. The van der Waals surface area contributed by atoms with Crippen molar-refractivity contribution in [2.45, 2.75) is 46.1 Å². The van der Waals surface area contributed by atoms with Crippen molar-refractivity contribution in [1.82, 2.24) is 4.90 Å². The molecule has 21 heavy (non-hydrogen) atoms. The molecule has 4 nitrogen and oxygen atoms in total. The molecule has 0 radical (unpaired) electrons. The molecule has 0 aromatic heterocycles. The van der Waals surface area contributed by atoms with Crippen LogP contribution in [0.1, 0.15) is 39.7 Å². The van der Waals surface area contributed by atoms with Crippen LogP contribution in [0.15, 0.2) is 12.1 Å². The van der Waals surface area contributed by atoms with Gasteiger partial charge >= 0.3 is 0 Å². The Morgan fingerprint density at radius 3 is 2.19 bits per heavy atom. The molecule has 0 aliphatic carbocycles. The number of benzene rings is 1. The van der Waals surface area contributed by atoms with E-state index in [1.54, 1.807) is 14.2 Å². The summed E-state index contributed by atoms with van der Waals surface area (Å²) in [5.41, 5.74) is 8.00. The lowest BCUT2D eigenvalue weighted by molar-refractivity contribution is 0.143. The predicted octanol–water partition coefficient (Wildman–Crippen LogP) is 3.34. The summed E-state index contributed by atoms with van der Waals surface area (Å²) in [5.74, 6) is 1.51. The zero-order valence-electron chi connectivity index (χ0n) is 14.3. The van der Waals surface area contributed by atoms with Crippen molar-refractivity contribution in [1.29, 1.82) is 0 Å². The Balaban J connectivity index is 2.73. The summed E-state index contributed by atoms with van der Waals surface area (Å²) >= 11 is 0. The van der Waals surface area contributed by atoms with Crippen LogP contribution in [0.3, 0.4) is 0 Å². The van der Waals surface area contributed by atoms with Crippen molar-refractivity contribution >= 4 is 5.69 Å². The molecular weight excluding hydrogens is 264 g/mol. The summed E-state index contributed by atoms with van der Waals surface area (Å²) in [4.78, 5) is 2.48. The molecule has 4 heteroatoms. The Hall–Kier alpha value is -1.42. The molecule has 0 heterocycles. The molecule has 0 unspecified atom stereocenters. The van der Waals surface area contributed by atoms with Crippen molar-refractivity contribution in [2.24, 2.45) is 0 Å². The van der Waals surface area contributed by atoms with E-state index in [9.17, 15) is 0 Å². The molecule has 2 N–H and O–H groups in total. The molecule has 0 aliphatic rings. The number of hydrogen-bond acceptors (Lipinski definition) is 4. The average molecular weight is 294 g/mol. The van der Waals surface area contributed by atoms with Gasteiger partial charge in [-0.1, -0.05) is 6.92 Å². The van der Waals surface area contributed by atoms with Gasteiger partial charge in [-0.05, 0) is 58.3 Å². The fourth-order valence-electron chi connectivity index (χ4n) is 2.62. The van der Waals surface area contributed by atoms with E-state index in [4.69, 9.17) is 15.2 Å². The number of anilines is 1. The van der Waals surface area contributed by atoms with Gasteiger partial charge < -0.3 is 15.2 Å². The highest BCUT2D eigenvalue weighted by Gasteiger charge is 2.19. The topological polar surface area (TPSA) is 47.7 Å². The smallest absolute Gasteiger partial charge is 0.145 e. The Kier molecular flexibility index (Phi) is 6.34. The van der Waals surface area contributed by atoms with Gasteiger partial charge in [-0.25, -0.2) is 0 Å². The summed E-state index contributed by atoms with van der Waals surface area (Å²) < 4.78 is 10.7. The lowest BCUT2D eigenvalue weighted by atomic mass is 10.0. The van der Waals surface area contributed by atoms with E-state index < -0.39 is 0 Å². The molecule has 0 bridgehead atoms. The highest BCUT2D eigenvalue weighted by atomic mass is 16.5. The number of aryl methyl sites for hydroxylation is 1. The third-order valence-corrected chi connectivity index (χ3v) is 3.84. The summed E-state index contributed by atoms with van der Waals surface area (Å²) in [6, 6.07) is 3.83. The fourth-order valence-corrected chi connectivity index (χ4v) is 2.62. The zero-order valence-corrected chi connectivity index (χ0v) is 14.3. The van der Waals surface area contributed by atoms with Crippen LogP contribution in [0.25, 0.3) is 0 Å². The molecule has 0 saturated carbocycles. The molecule has 0 amide bonds. The lowest BCUT2D eigenvalue weighted by Crippen LogP contribution is -2.41. The van der Waals surface area contributed by atoms with Gasteiger partial charge in [0.2, 0.25) is 0 Å². The van der Waals surface area contributed by atoms with Crippen molar-refractivity contribution < 1.29 is 9.47 Å². The van der Waals surface area contributed by atoms with Gasteiger partial charge in [0, 0.05) is 11.6 Å². The minimum absolute atomic E-state index is 0.206. The molecule has 1 aromatic rings. The highest BCUT2D eigenvalue weighted by molar-refractivity contribution is 5.59. The summed E-state index contributed by atoms with van der Waals surface area (Å²) in [5, 5.41) is 0. The number of rotatable bonds is 7. The second-order valence-electron chi connectivity index (χ2n) is 6.26. The number of ether oxygens (including phenoxy) is 2. The van der Waals surface area contributed by atoms with Crippen LogP contribution in [-0.2, 0) is 6.42 Å². The maximum atomic E-state index is 5.99.